The smallest absolute Gasteiger partial charge is 0.341 e. The number of hydrogen-bond acceptors (Lipinski definition) is 6. The van der Waals surface area contributed by atoms with Crippen LogP contribution in [0.3, 0.4) is 0 Å². The molecule has 0 fully saturated rings. The third kappa shape index (κ3) is 5.14. The third-order valence-corrected chi connectivity index (χ3v) is 5.81. The van der Waals surface area contributed by atoms with Crippen LogP contribution >= 0.6 is 23.1 Å². The second-order valence-electron chi connectivity index (χ2n) is 5.45. The van der Waals surface area contributed by atoms with Crippen molar-refractivity contribution < 1.29 is 27.9 Å². The Balaban J connectivity index is 2.17. The molecule has 0 aliphatic carbocycles. The molecule has 0 spiro atoms. The van der Waals surface area contributed by atoms with Crippen LogP contribution in [0, 0.1) is 18.6 Å². The van der Waals surface area contributed by atoms with Crippen molar-refractivity contribution in [1.82, 2.24) is 0 Å². The van der Waals surface area contributed by atoms with Gasteiger partial charge in [-0.1, -0.05) is 0 Å². The van der Waals surface area contributed by atoms with Gasteiger partial charge >= 0.3 is 5.97 Å². The highest BCUT2D eigenvalue weighted by atomic mass is 32.2. The summed E-state index contributed by atoms with van der Waals surface area (Å²) in [5.41, 5.74) is 0.580. The number of anilines is 1. The number of Topliss-reactive ketones (excluding diaryl/α,β-unsaturated/α-hetero) is 1. The van der Waals surface area contributed by atoms with Crippen molar-refractivity contribution in [1.29, 1.82) is 0 Å². The van der Waals surface area contributed by atoms with Crippen molar-refractivity contribution in [3.05, 3.63) is 45.8 Å². The fraction of sp³-hybridized carbons (Fsp3) is 0.278. The molecule has 9 heteroatoms. The number of hydrogen-bond donors (Lipinski definition) is 1. The molecule has 5 nitrogen and oxygen atoms in total. The highest BCUT2D eigenvalue weighted by Crippen LogP contribution is 2.34. The van der Waals surface area contributed by atoms with Crippen molar-refractivity contribution in [3.63, 3.8) is 0 Å². The van der Waals surface area contributed by atoms with Gasteiger partial charge in [-0.15, -0.1) is 23.1 Å². The Bertz CT molecular complexity index is 896. The molecule has 144 valence electrons. The van der Waals surface area contributed by atoms with Crippen molar-refractivity contribution in [2.45, 2.75) is 25.7 Å². The zero-order valence-electron chi connectivity index (χ0n) is 14.9. The number of rotatable bonds is 7. The van der Waals surface area contributed by atoms with Gasteiger partial charge in [0.05, 0.1) is 22.8 Å². The lowest BCUT2D eigenvalue weighted by molar-refractivity contribution is -0.113. The van der Waals surface area contributed by atoms with Crippen LogP contribution in [0.15, 0.2) is 23.1 Å². The quantitative estimate of drug-likeness (QED) is 0.413. The molecule has 0 atom stereocenters. The minimum Gasteiger partial charge on any atom is -0.462 e. The van der Waals surface area contributed by atoms with Gasteiger partial charge in [0.2, 0.25) is 5.91 Å². The third-order valence-electron chi connectivity index (χ3n) is 3.45. The first-order chi connectivity index (χ1) is 12.7. The number of thiophene rings is 1. The van der Waals surface area contributed by atoms with Crippen LogP contribution in [0.1, 0.15) is 39.4 Å². The Labute approximate surface area is 163 Å². The first-order valence-corrected chi connectivity index (χ1v) is 9.73. The number of carbonyl (C=O) groups is 3. The van der Waals surface area contributed by atoms with Crippen LogP contribution in [0.4, 0.5) is 13.8 Å². The van der Waals surface area contributed by atoms with E-state index in [1.54, 1.807) is 13.8 Å². The first kappa shape index (κ1) is 21.0. The Morgan fingerprint density at radius 2 is 1.96 bits per heavy atom. The van der Waals surface area contributed by atoms with E-state index in [1.165, 1.54) is 13.0 Å². The lowest BCUT2D eigenvalue weighted by Gasteiger charge is -2.07. The molecule has 0 unspecified atom stereocenters. The highest BCUT2D eigenvalue weighted by Gasteiger charge is 2.25. The molecule has 0 bridgehead atoms. The summed E-state index contributed by atoms with van der Waals surface area (Å²) in [4.78, 5) is 36.6. The maximum atomic E-state index is 13.6. The van der Waals surface area contributed by atoms with Crippen molar-refractivity contribution >= 4 is 45.8 Å². The number of nitrogens with one attached hydrogen (secondary N) is 1. The average Bonchev–Trinajstić information content (AvgIpc) is 2.90. The number of carbonyl (C=O) groups excluding carboxylic acids is 3. The standard InChI is InChI=1S/C18H17F2NO4S2/c1-4-25-18(24)15-9(2)16(10(3)22)27-17(15)21-14(23)8-26-13-6-5-11(19)7-12(13)20/h5-7H,4,8H2,1-3H3,(H,21,23). The molecule has 0 saturated heterocycles. The number of amides is 1. The lowest BCUT2D eigenvalue weighted by Crippen LogP contribution is -2.16. The molecule has 2 rings (SSSR count). The molecule has 27 heavy (non-hydrogen) atoms. The van der Waals surface area contributed by atoms with E-state index in [9.17, 15) is 23.2 Å². The van der Waals surface area contributed by atoms with Crippen molar-refractivity contribution in [3.8, 4) is 0 Å². The van der Waals surface area contributed by atoms with E-state index in [0.29, 0.717) is 10.4 Å². The predicted octanol–water partition coefficient (Wildman–Crippen LogP) is 4.44. The van der Waals surface area contributed by atoms with E-state index in [1.807, 2.05) is 0 Å². The summed E-state index contributed by atoms with van der Waals surface area (Å²) in [6.45, 7) is 4.78. The van der Waals surface area contributed by atoms with Gasteiger partial charge in [0, 0.05) is 11.0 Å². The molecule has 1 heterocycles. The zero-order chi connectivity index (χ0) is 20.1. The summed E-state index contributed by atoms with van der Waals surface area (Å²) >= 11 is 1.88. The number of ketones is 1. The van der Waals surface area contributed by atoms with Crippen LogP contribution in [-0.4, -0.2) is 30.0 Å². The molecule has 1 N–H and O–H groups in total. The van der Waals surface area contributed by atoms with E-state index in [0.717, 1.165) is 35.2 Å². The zero-order valence-corrected chi connectivity index (χ0v) is 16.5. The molecule has 1 aromatic carbocycles. The predicted molar refractivity (Wildman–Crippen MR) is 101 cm³/mol. The van der Waals surface area contributed by atoms with Gasteiger partial charge in [-0.05, 0) is 38.5 Å². The van der Waals surface area contributed by atoms with Crippen molar-refractivity contribution in [2.24, 2.45) is 0 Å². The van der Waals surface area contributed by atoms with Crippen LogP contribution in [0.5, 0.6) is 0 Å². The fourth-order valence-corrected chi connectivity index (χ4v) is 4.11. The highest BCUT2D eigenvalue weighted by molar-refractivity contribution is 8.00. The molecule has 0 radical (unpaired) electrons. The summed E-state index contributed by atoms with van der Waals surface area (Å²) in [5.74, 6) is -2.97. The lowest BCUT2D eigenvalue weighted by atomic mass is 10.1. The Morgan fingerprint density at radius 1 is 1.26 bits per heavy atom. The van der Waals surface area contributed by atoms with Crippen LogP contribution in [0.2, 0.25) is 0 Å². The van der Waals surface area contributed by atoms with Crippen LogP contribution in [0.25, 0.3) is 0 Å². The van der Waals surface area contributed by atoms with E-state index in [2.05, 4.69) is 5.32 Å². The molecule has 2 aromatic rings. The fourth-order valence-electron chi connectivity index (χ4n) is 2.28. The largest absolute Gasteiger partial charge is 0.462 e. The summed E-state index contributed by atoms with van der Waals surface area (Å²) in [5, 5.41) is 2.79. The average molecular weight is 413 g/mol. The van der Waals surface area contributed by atoms with Crippen LogP contribution in [-0.2, 0) is 9.53 Å². The minimum atomic E-state index is -0.758. The molecular formula is C18H17F2NO4S2. The minimum absolute atomic E-state index is 0.129. The van der Waals surface area contributed by atoms with Gasteiger partial charge in [-0.3, -0.25) is 9.59 Å². The van der Waals surface area contributed by atoms with Gasteiger partial charge < -0.3 is 10.1 Å². The number of thioether (sulfide) groups is 1. The summed E-state index contributed by atoms with van der Waals surface area (Å²) in [7, 11) is 0. The van der Waals surface area contributed by atoms with Gasteiger partial charge in [0.25, 0.3) is 0 Å². The molecule has 0 saturated carbocycles. The first-order valence-electron chi connectivity index (χ1n) is 7.93. The van der Waals surface area contributed by atoms with Crippen molar-refractivity contribution in [2.75, 3.05) is 17.7 Å². The number of halogens is 2. The molecule has 0 aliphatic heterocycles. The van der Waals surface area contributed by atoms with Gasteiger partial charge in [0.15, 0.2) is 5.78 Å². The number of benzene rings is 1. The van der Waals surface area contributed by atoms with E-state index in [-0.39, 0.29) is 33.6 Å². The summed E-state index contributed by atoms with van der Waals surface area (Å²) in [6, 6.07) is 3.08. The number of esters is 1. The summed E-state index contributed by atoms with van der Waals surface area (Å²) < 4.78 is 31.6. The number of ether oxygens (including phenoxy) is 1. The monoisotopic (exact) mass is 413 g/mol. The topological polar surface area (TPSA) is 72.5 Å². The second kappa shape index (κ2) is 9.09. The maximum Gasteiger partial charge on any atom is 0.341 e. The van der Waals surface area contributed by atoms with E-state index >= 15 is 0 Å². The second-order valence-corrected chi connectivity index (χ2v) is 7.49. The van der Waals surface area contributed by atoms with E-state index in [4.69, 9.17) is 4.74 Å². The van der Waals surface area contributed by atoms with E-state index < -0.39 is 23.5 Å². The molecule has 1 amide bonds. The SMILES string of the molecule is CCOC(=O)c1c(NC(=O)CSc2ccc(F)cc2F)sc(C(C)=O)c1C. The molecule has 1 aromatic heterocycles. The Morgan fingerprint density at radius 3 is 2.56 bits per heavy atom. The normalized spacial score (nSPS) is 10.6. The Hall–Kier alpha value is -2.26. The van der Waals surface area contributed by atoms with Gasteiger partial charge in [-0.25, -0.2) is 13.6 Å². The van der Waals surface area contributed by atoms with Crippen LogP contribution < -0.4 is 5.32 Å². The van der Waals surface area contributed by atoms with Gasteiger partial charge in [0.1, 0.15) is 16.6 Å². The maximum absolute atomic E-state index is 13.6. The summed E-state index contributed by atoms with van der Waals surface area (Å²) in [6.07, 6.45) is 0. The Kier molecular flexibility index (Phi) is 7.09. The molecule has 0 aliphatic rings. The van der Waals surface area contributed by atoms with Gasteiger partial charge in [-0.2, -0.15) is 0 Å². The molecular weight excluding hydrogens is 396 g/mol.